The SMILES string of the molecule is Cc1cc(I)ccc1Nc1ccc([N+](=O)[O-])cc1C(=O)SCc1ccccc1. The van der Waals surface area contributed by atoms with Crippen molar-refractivity contribution in [2.45, 2.75) is 12.7 Å². The van der Waals surface area contributed by atoms with Crippen LogP contribution in [0.25, 0.3) is 0 Å². The Morgan fingerprint density at radius 3 is 2.46 bits per heavy atom. The van der Waals surface area contributed by atoms with E-state index < -0.39 is 4.92 Å². The van der Waals surface area contributed by atoms with Gasteiger partial charge in [-0.25, -0.2) is 0 Å². The number of anilines is 2. The molecule has 28 heavy (non-hydrogen) atoms. The van der Waals surface area contributed by atoms with E-state index in [1.165, 1.54) is 12.1 Å². The Morgan fingerprint density at radius 2 is 1.79 bits per heavy atom. The second-order valence-electron chi connectivity index (χ2n) is 6.13. The molecule has 0 aliphatic rings. The number of nitrogens with zero attached hydrogens (tertiary/aromatic N) is 1. The zero-order chi connectivity index (χ0) is 20.1. The van der Waals surface area contributed by atoms with Gasteiger partial charge in [0, 0.05) is 27.1 Å². The number of non-ortho nitro benzene ring substituents is 1. The van der Waals surface area contributed by atoms with Gasteiger partial charge in [0.25, 0.3) is 5.69 Å². The Hall–Kier alpha value is -2.39. The van der Waals surface area contributed by atoms with Gasteiger partial charge in [-0.3, -0.25) is 14.9 Å². The molecule has 0 saturated carbocycles. The van der Waals surface area contributed by atoms with Crippen LogP contribution in [-0.2, 0) is 5.75 Å². The third kappa shape index (κ3) is 5.11. The second kappa shape index (κ2) is 9.20. The van der Waals surface area contributed by atoms with Gasteiger partial charge < -0.3 is 5.32 Å². The Kier molecular flexibility index (Phi) is 6.69. The van der Waals surface area contributed by atoms with Crippen molar-refractivity contribution in [3.63, 3.8) is 0 Å². The molecule has 142 valence electrons. The maximum atomic E-state index is 12.8. The van der Waals surface area contributed by atoms with Crippen molar-refractivity contribution in [3.8, 4) is 0 Å². The van der Waals surface area contributed by atoms with E-state index in [-0.39, 0.29) is 10.8 Å². The Morgan fingerprint density at radius 1 is 1.07 bits per heavy atom. The number of halogens is 1. The predicted molar refractivity (Wildman–Crippen MR) is 122 cm³/mol. The summed E-state index contributed by atoms with van der Waals surface area (Å²) in [7, 11) is 0. The third-order valence-electron chi connectivity index (χ3n) is 4.10. The van der Waals surface area contributed by atoms with Crippen LogP contribution in [0.1, 0.15) is 21.5 Å². The number of hydrogen-bond acceptors (Lipinski definition) is 5. The normalized spacial score (nSPS) is 10.5. The molecular weight excluding hydrogens is 487 g/mol. The van der Waals surface area contributed by atoms with Crippen LogP contribution >= 0.6 is 34.4 Å². The van der Waals surface area contributed by atoms with E-state index in [2.05, 4.69) is 27.9 Å². The Labute approximate surface area is 180 Å². The fourth-order valence-corrected chi connectivity index (χ4v) is 4.10. The lowest BCUT2D eigenvalue weighted by molar-refractivity contribution is -0.384. The molecule has 1 N–H and O–H groups in total. The number of hydrogen-bond donors (Lipinski definition) is 1. The number of aryl methyl sites for hydroxylation is 1. The van der Waals surface area contributed by atoms with Crippen LogP contribution in [-0.4, -0.2) is 10.0 Å². The summed E-state index contributed by atoms with van der Waals surface area (Å²) in [5.74, 6) is 0.504. The summed E-state index contributed by atoms with van der Waals surface area (Å²) in [4.78, 5) is 23.5. The molecule has 0 amide bonds. The molecule has 0 heterocycles. The Bertz CT molecular complexity index is 1030. The van der Waals surface area contributed by atoms with Crippen molar-refractivity contribution in [2.75, 3.05) is 5.32 Å². The minimum Gasteiger partial charge on any atom is -0.355 e. The molecule has 0 aliphatic carbocycles. The highest BCUT2D eigenvalue weighted by atomic mass is 127. The zero-order valence-corrected chi connectivity index (χ0v) is 18.0. The average Bonchev–Trinajstić information content (AvgIpc) is 2.69. The van der Waals surface area contributed by atoms with Crippen molar-refractivity contribution < 1.29 is 9.72 Å². The fraction of sp³-hybridized carbons (Fsp3) is 0.0952. The number of rotatable bonds is 6. The van der Waals surface area contributed by atoms with E-state index in [1.54, 1.807) is 6.07 Å². The third-order valence-corrected chi connectivity index (χ3v) is 5.74. The molecular formula is C21H17IN2O3S. The van der Waals surface area contributed by atoms with Gasteiger partial charge in [-0.2, -0.15) is 0 Å². The number of nitrogens with one attached hydrogen (secondary N) is 1. The molecule has 0 aliphatic heterocycles. The first-order chi connectivity index (χ1) is 13.4. The molecule has 3 rings (SSSR count). The number of nitro benzene ring substituents is 1. The summed E-state index contributed by atoms with van der Waals surface area (Å²) in [5.41, 5.74) is 3.66. The van der Waals surface area contributed by atoms with Crippen LogP contribution in [0, 0.1) is 20.6 Å². The van der Waals surface area contributed by atoms with Crippen LogP contribution in [0.2, 0.25) is 0 Å². The average molecular weight is 504 g/mol. The molecule has 0 fully saturated rings. The van der Waals surface area contributed by atoms with Gasteiger partial charge in [-0.1, -0.05) is 42.1 Å². The molecule has 0 radical (unpaired) electrons. The van der Waals surface area contributed by atoms with Gasteiger partial charge in [0.15, 0.2) is 0 Å². The standard InChI is InChI=1S/C21H17IN2O3S/c1-14-11-16(22)7-9-19(14)23-20-10-8-17(24(26)27)12-18(20)21(25)28-13-15-5-3-2-4-6-15/h2-12,23H,13H2,1H3. The molecule has 0 atom stereocenters. The second-order valence-corrected chi connectivity index (χ2v) is 8.33. The highest BCUT2D eigenvalue weighted by Crippen LogP contribution is 2.31. The summed E-state index contributed by atoms with van der Waals surface area (Å²) in [6.45, 7) is 1.97. The van der Waals surface area contributed by atoms with Crippen LogP contribution in [0.4, 0.5) is 17.1 Å². The smallest absolute Gasteiger partial charge is 0.270 e. The number of nitro groups is 1. The number of benzene rings is 3. The lowest BCUT2D eigenvalue weighted by atomic mass is 10.1. The van der Waals surface area contributed by atoms with Crippen LogP contribution in [0.15, 0.2) is 66.7 Å². The highest BCUT2D eigenvalue weighted by molar-refractivity contribution is 14.1. The number of carbonyl (C=O) groups excluding carboxylic acids is 1. The van der Waals surface area contributed by atoms with Crippen LogP contribution in [0.3, 0.4) is 0 Å². The molecule has 0 unspecified atom stereocenters. The highest BCUT2D eigenvalue weighted by Gasteiger charge is 2.18. The van der Waals surface area contributed by atoms with E-state index in [9.17, 15) is 14.9 Å². The molecule has 0 aromatic heterocycles. The molecule has 0 spiro atoms. The molecule has 0 saturated heterocycles. The zero-order valence-electron chi connectivity index (χ0n) is 15.0. The van der Waals surface area contributed by atoms with Crippen molar-refractivity contribution in [1.29, 1.82) is 0 Å². The van der Waals surface area contributed by atoms with Crippen molar-refractivity contribution in [1.82, 2.24) is 0 Å². The van der Waals surface area contributed by atoms with Crippen molar-refractivity contribution in [2.24, 2.45) is 0 Å². The lowest BCUT2D eigenvalue weighted by Gasteiger charge is -2.13. The van der Waals surface area contributed by atoms with Gasteiger partial charge >= 0.3 is 0 Å². The maximum Gasteiger partial charge on any atom is 0.270 e. The van der Waals surface area contributed by atoms with E-state index in [4.69, 9.17) is 0 Å². The van der Waals surface area contributed by atoms with Gasteiger partial charge in [-0.15, -0.1) is 0 Å². The van der Waals surface area contributed by atoms with E-state index in [1.807, 2.05) is 55.5 Å². The van der Waals surface area contributed by atoms with E-state index in [0.717, 1.165) is 32.1 Å². The van der Waals surface area contributed by atoms with Crippen LogP contribution in [0.5, 0.6) is 0 Å². The summed E-state index contributed by atoms with van der Waals surface area (Å²) in [6, 6.07) is 19.9. The monoisotopic (exact) mass is 504 g/mol. The van der Waals surface area contributed by atoms with Gasteiger partial charge in [0.1, 0.15) is 0 Å². The minimum atomic E-state index is -0.488. The van der Waals surface area contributed by atoms with Crippen molar-refractivity contribution >= 4 is 56.5 Å². The summed E-state index contributed by atoms with van der Waals surface area (Å²) in [6.07, 6.45) is 0. The van der Waals surface area contributed by atoms with Gasteiger partial charge in [0.05, 0.1) is 16.2 Å². The summed E-state index contributed by atoms with van der Waals surface area (Å²) < 4.78 is 1.11. The topological polar surface area (TPSA) is 72.2 Å². The molecule has 0 bridgehead atoms. The first kappa shape index (κ1) is 20.3. The van der Waals surface area contributed by atoms with Crippen molar-refractivity contribution in [3.05, 3.63) is 97.1 Å². The van der Waals surface area contributed by atoms with Crippen LogP contribution < -0.4 is 5.32 Å². The number of carbonyl (C=O) groups is 1. The first-order valence-corrected chi connectivity index (χ1v) is 10.5. The van der Waals surface area contributed by atoms with E-state index in [0.29, 0.717) is 17.0 Å². The molecule has 3 aromatic rings. The minimum absolute atomic E-state index is 0.103. The molecule has 7 heteroatoms. The van der Waals surface area contributed by atoms with Gasteiger partial charge in [0.2, 0.25) is 5.12 Å². The number of thioether (sulfide) groups is 1. The molecule has 3 aromatic carbocycles. The first-order valence-electron chi connectivity index (χ1n) is 8.46. The maximum absolute atomic E-state index is 12.8. The summed E-state index contributed by atoms with van der Waals surface area (Å²) >= 11 is 3.37. The largest absolute Gasteiger partial charge is 0.355 e. The lowest BCUT2D eigenvalue weighted by Crippen LogP contribution is -2.04. The van der Waals surface area contributed by atoms with E-state index >= 15 is 0 Å². The quantitative estimate of drug-likeness (QED) is 0.242. The summed E-state index contributed by atoms with van der Waals surface area (Å²) in [5, 5.41) is 14.2. The van der Waals surface area contributed by atoms with Gasteiger partial charge in [-0.05, 0) is 64.9 Å². The Balaban J connectivity index is 1.89. The molecule has 5 nitrogen and oxygen atoms in total. The fourth-order valence-electron chi connectivity index (χ4n) is 2.64. The predicted octanol–water partition coefficient (Wildman–Crippen LogP) is 6.33.